The van der Waals surface area contributed by atoms with Crippen molar-refractivity contribution < 1.29 is 0 Å². The highest BCUT2D eigenvalue weighted by atomic mass is 32.2. The third kappa shape index (κ3) is 11.4. The monoisotopic (exact) mass is 1270 g/mol. The number of anilines is 6. The van der Waals surface area contributed by atoms with E-state index in [0.29, 0.717) is 0 Å². The maximum absolute atomic E-state index is 2.65. The molecule has 0 fully saturated rings. The van der Waals surface area contributed by atoms with Gasteiger partial charge in [0.25, 0.3) is 0 Å². The largest absolute Gasteiger partial charge is 0.311 e. The second-order valence-corrected chi connectivity index (χ2v) is 27.9. The number of fused-ring (bicyclic) bond motifs is 4. The molecule has 2 aliphatic rings. The lowest BCUT2D eigenvalue weighted by molar-refractivity contribution is 0.589. The Kier molecular flexibility index (Phi) is 15.6. The van der Waals surface area contributed by atoms with Crippen molar-refractivity contribution in [1.29, 1.82) is 0 Å². The molecule has 0 atom stereocenters. The number of hydrogen-bond donors (Lipinski definition) is 0. The van der Waals surface area contributed by atoms with Crippen LogP contribution in [0.3, 0.4) is 0 Å². The summed E-state index contributed by atoms with van der Waals surface area (Å²) in [4.78, 5) is 7.68. The number of hydrogen-bond acceptors (Lipinski definition) is 3. The van der Waals surface area contributed by atoms with Crippen LogP contribution in [0.5, 0.6) is 0 Å². The summed E-state index contributed by atoms with van der Waals surface area (Å²) in [6.07, 6.45) is 0. The zero-order chi connectivity index (χ0) is 65.7. The quantitative estimate of drug-likeness (QED) is 0.106. The zero-order valence-electron chi connectivity index (χ0n) is 55.0. The Morgan fingerprint density at radius 2 is 0.673 bits per heavy atom. The summed E-state index contributed by atoms with van der Waals surface area (Å²) in [7, 11) is 0. The summed E-state index contributed by atoms with van der Waals surface area (Å²) in [5.41, 5.74) is 32.6. The van der Waals surface area contributed by atoms with Crippen molar-refractivity contribution in [3.8, 4) is 100 Å². The highest BCUT2D eigenvalue weighted by Gasteiger charge is 2.44. The lowest BCUT2D eigenvalue weighted by Crippen LogP contribution is -2.60. The van der Waals surface area contributed by atoms with Gasteiger partial charge in [0.1, 0.15) is 0 Å². The Labute approximate surface area is 580 Å². The van der Waals surface area contributed by atoms with Crippen molar-refractivity contribution in [1.82, 2.24) is 0 Å². The minimum absolute atomic E-state index is 0.169. The topological polar surface area (TPSA) is 6.48 Å². The number of nitrogens with zero attached hydrogens (tertiary/aromatic N) is 2. The number of benzene rings is 15. The summed E-state index contributed by atoms with van der Waals surface area (Å²) in [6, 6.07) is 135. The molecule has 464 valence electrons. The minimum atomic E-state index is -0.206. The minimum Gasteiger partial charge on any atom is -0.311 e. The fourth-order valence-corrected chi connectivity index (χ4v) is 16.0. The van der Waals surface area contributed by atoms with Crippen LogP contribution in [0.2, 0.25) is 0 Å². The Hall–Kier alpha value is -11.7. The first kappa shape index (κ1) is 60.0. The molecule has 4 heteroatoms. The summed E-state index contributed by atoms with van der Waals surface area (Å²) in [6.45, 7) is 6.94. The van der Waals surface area contributed by atoms with Crippen LogP contribution in [-0.2, 0) is 5.41 Å². The molecule has 15 aromatic rings. The van der Waals surface area contributed by atoms with Crippen LogP contribution in [0.25, 0.3) is 100 Å². The fraction of sp³-hybridized carbons (Fsp3) is 0.0426. The van der Waals surface area contributed by atoms with Crippen molar-refractivity contribution in [2.45, 2.75) is 36.0 Å². The van der Waals surface area contributed by atoms with Crippen molar-refractivity contribution in [2.75, 3.05) is 9.80 Å². The van der Waals surface area contributed by atoms with Crippen LogP contribution in [0.4, 0.5) is 34.1 Å². The molecule has 0 saturated carbocycles. The number of para-hydroxylation sites is 1. The molecule has 0 spiro atoms. The van der Waals surface area contributed by atoms with E-state index in [2.05, 4.69) is 395 Å². The second kappa shape index (κ2) is 25.5. The van der Waals surface area contributed by atoms with Gasteiger partial charge in [0.15, 0.2) is 0 Å². The summed E-state index contributed by atoms with van der Waals surface area (Å²) < 4.78 is 0. The normalized spacial score (nSPS) is 12.2. The van der Waals surface area contributed by atoms with Gasteiger partial charge < -0.3 is 9.80 Å². The van der Waals surface area contributed by atoms with E-state index in [0.717, 1.165) is 45.1 Å². The first-order valence-electron chi connectivity index (χ1n) is 34.0. The van der Waals surface area contributed by atoms with Gasteiger partial charge in [-0.15, -0.1) is 0 Å². The zero-order valence-corrected chi connectivity index (χ0v) is 55.8. The van der Waals surface area contributed by atoms with E-state index >= 15 is 0 Å². The van der Waals surface area contributed by atoms with E-state index in [4.69, 9.17) is 0 Å². The van der Waals surface area contributed by atoms with E-state index in [9.17, 15) is 0 Å². The van der Waals surface area contributed by atoms with Crippen LogP contribution in [-0.4, -0.2) is 6.71 Å². The maximum Gasteiger partial charge on any atom is 0.249 e. The van der Waals surface area contributed by atoms with Gasteiger partial charge in [0, 0.05) is 43.8 Å². The average molecular weight is 1270 g/mol. The predicted molar refractivity (Wildman–Crippen MR) is 419 cm³/mol. The molecule has 0 bridgehead atoms. The van der Waals surface area contributed by atoms with Crippen LogP contribution >= 0.6 is 11.8 Å². The molecule has 15 aromatic carbocycles. The third-order valence-corrected chi connectivity index (χ3v) is 20.8. The third-order valence-electron chi connectivity index (χ3n) is 19.6. The highest BCUT2D eigenvalue weighted by Crippen LogP contribution is 2.51. The van der Waals surface area contributed by atoms with E-state index in [1.165, 1.54) is 121 Å². The van der Waals surface area contributed by atoms with Gasteiger partial charge in [-0.2, -0.15) is 0 Å². The van der Waals surface area contributed by atoms with Crippen LogP contribution in [0, 0.1) is 0 Å². The van der Waals surface area contributed by atoms with Gasteiger partial charge in [-0.1, -0.05) is 305 Å². The first-order chi connectivity index (χ1) is 48.2. The molecule has 0 aliphatic carbocycles. The van der Waals surface area contributed by atoms with E-state index < -0.39 is 0 Å². The molecule has 0 aromatic heterocycles. The SMILES string of the molecule is CC(C)(C)c1cc2c3c(c1)N(c1ccccc1-c1cc(-c4ccccc4)cc(-c4ccccc4)c1)c1cc(N(c4ccc(-c5ccccc5)cc4)c4cccc(-c5ccccc5)c4)ccc1B3c1cc(-c3cc(-c4ccccc4)cc(-c4ccccc4)c3)cc(-c3ccccc3)c1S2. The van der Waals surface area contributed by atoms with Gasteiger partial charge in [-0.25, -0.2) is 0 Å². The predicted octanol–water partition coefficient (Wildman–Crippen LogP) is 24.2. The van der Waals surface area contributed by atoms with Gasteiger partial charge in [0.05, 0.1) is 5.69 Å². The standard InChI is InChI=1S/C94H69BN2S/c1-94(2,3)80-61-90-92-91(62-80)98-93-85(71-40-23-10-24-41-71)59-78(77-54-73(66-32-15-6-16-33-66)52-74(55-77)67-34-17-7-18-35-67)60-87(93)95(92)86-51-50-83(96(81-48-46-70(47-49-81)64-28-11-4-12-29-64)82-43-27-42-72(58-82)65-30-13-5-14-31-65)63-89(86)97(90)88-45-26-25-44-84(88)79-56-75(68-36-19-8-20-37-68)53-76(57-79)69-38-21-9-22-39-69/h4-63H,1-3H3. The molecule has 98 heavy (non-hydrogen) atoms. The molecule has 0 saturated heterocycles. The second-order valence-electron chi connectivity index (χ2n) is 26.8. The molecular formula is C94H69BN2S. The molecule has 2 heterocycles. The van der Waals surface area contributed by atoms with E-state index in [1.54, 1.807) is 0 Å². The van der Waals surface area contributed by atoms with Gasteiger partial charge in [-0.3, -0.25) is 0 Å². The average Bonchev–Trinajstić information content (AvgIpc) is 0.698. The Morgan fingerprint density at radius 3 is 1.19 bits per heavy atom. The molecule has 0 unspecified atom stereocenters. The Bertz CT molecular complexity index is 5310. The maximum atomic E-state index is 2.65. The first-order valence-corrected chi connectivity index (χ1v) is 34.8. The lowest BCUT2D eigenvalue weighted by atomic mass is 9.34. The van der Waals surface area contributed by atoms with Crippen molar-refractivity contribution in [3.05, 3.63) is 370 Å². The van der Waals surface area contributed by atoms with Crippen molar-refractivity contribution in [2.24, 2.45) is 0 Å². The molecular weight excluding hydrogens is 1200 g/mol. The molecule has 2 aliphatic heterocycles. The summed E-state index contributed by atoms with van der Waals surface area (Å²) in [5, 5.41) is 0. The molecule has 0 radical (unpaired) electrons. The molecule has 0 N–H and O–H groups in total. The van der Waals surface area contributed by atoms with E-state index in [1.807, 2.05) is 11.8 Å². The van der Waals surface area contributed by atoms with E-state index in [-0.39, 0.29) is 12.1 Å². The van der Waals surface area contributed by atoms with Crippen molar-refractivity contribution in [3.63, 3.8) is 0 Å². The van der Waals surface area contributed by atoms with Gasteiger partial charge in [0.2, 0.25) is 6.71 Å². The molecule has 17 rings (SSSR count). The fourth-order valence-electron chi connectivity index (χ4n) is 14.7. The summed E-state index contributed by atoms with van der Waals surface area (Å²) >= 11 is 1.94. The Balaban J connectivity index is 0.951. The summed E-state index contributed by atoms with van der Waals surface area (Å²) in [5.74, 6) is 0. The van der Waals surface area contributed by atoms with Crippen molar-refractivity contribution >= 4 is 69.0 Å². The Morgan fingerprint density at radius 1 is 0.265 bits per heavy atom. The van der Waals surface area contributed by atoms with Crippen LogP contribution < -0.4 is 26.2 Å². The van der Waals surface area contributed by atoms with Crippen LogP contribution in [0.15, 0.2) is 374 Å². The number of rotatable bonds is 13. The van der Waals surface area contributed by atoms with Gasteiger partial charge >= 0.3 is 0 Å². The highest BCUT2D eigenvalue weighted by molar-refractivity contribution is 8.00. The van der Waals surface area contributed by atoms with Gasteiger partial charge in [-0.05, 0) is 214 Å². The van der Waals surface area contributed by atoms with Crippen LogP contribution in [0.1, 0.15) is 26.3 Å². The molecule has 0 amide bonds. The lowest BCUT2D eigenvalue weighted by Gasteiger charge is -2.43. The smallest absolute Gasteiger partial charge is 0.249 e. The molecule has 2 nitrogen and oxygen atoms in total.